The van der Waals surface area contributed by atoms with Gasteiger partial charge >= 0.3 is 0 Å². The Balaban J connectivity index is 1.77. The van der Waals surface area contributed by atoms with Crippen molar-refractivity contribution in [3.05, 3.63) is 70.1 Å². The molecule has 1 aliphatic heterocycles. The molecule has 2 heterocycles. The monoisotopic (exact) mass is 355 g/mol. The molecule has 0 saturated carbocycles. The summed E-state index contributed by atoms with van der Waals surface area (Å²) in [5.74, 6) is -0.121. The van der Waals surface area contributed by atoms with Crippen LogP contribution in [0.5, 0.6) is 0 Å². The van der Waals surface area contributed by atoms with Crippen LogP contribution in [-0.4, -0.2) is 60.2 Å². The molecular weight excluding hydrogens is 330 g/mol. The Morgan fingerprint density at radius 3 is 2.62 bits per heavy atom. The van der Waals surface area contributed by atoms with Crippen LogP contribution in [0.4, 0.5) is 0 Å². The fourth-order valence-electron chi connectivity index (χ4n) is 3.43. The van der Waals surface area contributed by atoms with E-state index < -0.39 is 0 Å². The fourth-order valence-corrected chi connectivity index (χ4v) is 3.43. The van der Waals surface area contributed by atoms with Crippen molar-refractivity contribution in [2.75, 3.05) is 33.8 Å². The Kier molecular flexibility index (Phi) is 5.54. The van der Waals surface area contributed by atoms with Crippen LogP contribution >= 0.6 is 0 Å². The minimum absolute atomic E-state index is 0.0975. The summed E-state index contributed by atoms with van der Waals surface area (Å²) in [6.07, 6.45) is 1.46. The molecule has 1 aliphatic rings. The quantitative estimate of drug-likeness (QED) is 0.835. The van der Waals surface area contributed by atoms with E-state index in [0.717, 1.165) is 6.54 Å². The van der Waals surface area contributed by atoms with Crippen molar-refractivity contribution in [2.24, 2.45) is 7.05 Å². The molecule has 1 amide bonds. The lowest BCUT2D eigenvalue weighted by Gasteiger charge is -2.40. The van der Waals surface area contributed by atoms with Crippen LogP contribution in [0.1, 0.15) is 22.0 Å². The number of rotatable bonds is 4. The number of ether oxygens (including phenoxy) is 1. The number of aromatic nitrogens is 1. The van der Waals surface area contributed by atoms with Crippen molar-refractivity contribution < 1.29 is 9.53 Å². The van der Waals surface area contributed by atoms with Gasteiger partial charge in [-0.25, -0.2) is 0 Å². The minimum Gasteiger partial charge on any atom is -0.373 e. The molecule has 138 valence electrons. The van der Waals surface area contributed by atoms with Gasteiger partial charge in [0.15, 0.2) is 0 Å². The molecular formula is C20H25N3O3. The first-order valence-electron chi connectivity index (χ1n) is 8.76. The molecule has 6 nitrogen and oxygen atoms in total. The maximum atomic E-state index is 12.7. The smallest absolute Gasteiger partial charge is 0.255 e. The van der Waals surface area contributed by atoms with Gasteiger partial charge in [-0.3, -0.25) is 14.5 Å². The van der Waals surface area contributed by atoms with Crippen LogP contribution in [-0.2, 0) is 11.8 Å². The summed E-state index contributed by atoms with van der Waals surface area (Å²) in [6, 6.07) is 13.3. The van der Waals surface area contributed by atoms with Crippen LogP contribution in [0.2, 0.25) is 0 Å². The third-order valence-electron chi connectivity index (χ3n) is 4.88. The maximum Gasteiger partial charge on any atom is 0.255 e. The number of likely N-dealkylation sites (N-methyl/N-ethyl adjacent to an activating group) is 2. The molecule has 6 heteroatoms. The zero-order valence-electron chi connectivity index (χ0n) is 15.5. The summed E-state index contributed by atoms with van der Waals surface area (Å²) < 4.78 is 7.44. The molecule has 1 saturated heterocycles. The third kappa shape index (κ3) is 3.86. The summed E-state index contributed by atoms with van der Waals surface area (Å²) >= 11 is 0. The van der Waals surface area contributed by atoms with E-state index in [-0.39, 0.29) is 23.6 Å². The largest absolute Gasteiger partial charge is 0.373 e. The minimum atomic E-state index is -0.134. The zero-order chi connectivity index (χ0) is 18.7. The Morgan fingerprint density at radius 1 is 1.19 bits per heavy atom. The Hall–Kier alpha value is -2.44. The third-order valence-corrected chi connectivity index (χ3v) is 4.88. The van der Waals surface area contributed by atoms with Crippen LogP contribution in [0, 0.1) is 0 Å². The molecule has 3 rings (SSSR count). The summed E-state index contributed by atoms with van der Waals surface area (Å²) in [4.78, 5) is 28.2. The van der Waals surface area contributed by atoms with E-state index >= 15 is 0 Å². The topological polar surface area (TPSA) is 54.8 Å². The zero-order valence-corrected chi connectivity index (χ0v) is 15.5. The highest BCUT2D eigenvalue weighted by Gasteiger charge is 2.33. The second-order valence-electron chi connectivity index (χ2n) is 6.80. The fraction of sp³-hybridized carbons (Fsp3) is 0.400. The first kappa shape index (κ1) is 18.4. The van der Waals surface area contributed by atoms with Gasteiger partial charge in [0.05, 0.1) is 24.3 Å². The molecule has 2 atom stereocenters. The van der Waals surface area contributed by atoms with Crippen molar-refractivity contribution in [3.63, 3.8) is 0 Å². The number of morpholine rings is 1. The SMILES string of the molecule is CN(C[C@@H]1OCCN(C)[C@H]1c1ccccc1)C(=O)c1ccc(=O)n(C)c1. The van der Waals surface area contributed by atoms with E-state index in [1.54, 1.807) is 31.3 Å². The van der Waals surface area contributed by atoms with Gasteiger partial charge < -0.3 is 14.2 Å². The molecule has 1 aromatic heterocycles. The number of carbonyl (C=O) groups is 1. The van der Waals surface area contributed by atoms with Gasteiger partial charge in [-0.2, -0.15) is 0 Å². The molecule has 0 N–H and O–H groups in total. The van der Waals surface area contributed by atoms with E-state index in [0.29, 0.717) is 18.7 Å². The van der Waals surface area contributed by atoms with E-state index in [2.05, 4.69) is 24.1 Å². The highest BCUT2D eigenvalue weighted by molar-refractivity contribution is 5.93. The van der Waals surface area contributed by atoms with Crippen molar-refractivity contribution in [1.82, 2.24) is 14.4 Å². The molecule has 0 spiro atoms. The van der Waals surface area contributed by atoms with Crippen LogP contribution in [0.15, 0.2) is 53.5 Å². The van der Waals surface area contributed by atoms with Gasteiger partial charge in [0.2, 0.25) is 5.56 Å². The maximum absolute atomic E-state index is 12.7. The van der Waals surface area contributed by atoms with E-state index in [4.69, 9.17) is 4.74 Å². The van der Waals surface area contributed by atoms with E-state index in [1.807, 2.05) is 18.2 Å². The van der Waals surface area contributed by atoms with Gasteiger partial charge in [-0.15, -0.1) is 0 Å². The second kappa shape index (κ2) is 7.85. The Labute approximate surface area is 153 Å². The number of hydrogen-bond donors (Lipinski definition) is 0. The van der Waals surface area contributed by atoms with E-state index in [9.17, 15) is 9.59 Å². The number of hydrogen-bond acceptors (Lipinski definition) is 4. The second-order valence-corrected chi connectivity index (χ2v) is 6.80. The van der Waals surface area contributed by atoms with Crippen molar-refractivity contribution >= 4 is 5.91 Å². The lowest BCUT2D eigenvalue weighted by Crippen LogP contribution is -2.48. The summed E-state index contributed by atoms with van der Waals surface area (Å²) in [7, 11) is 5.50. The standard InChI is InChI=1S/C20H25N3O3/c1-21-11-12-26-17(19(21)15-7-5-4-6-8-15)14-23(3)20(25)16-9-10-18(24)22(2)13-16/h4-10,13,17,19H,11-12,14H2,1-3H3/t17-,19-/m0/s1. The molecule has 1 fully saturated rings. The molecule has 2 aromatic rings. The highest BCUT2D eigenvalue weighted by atomic mass is 16.5. The first-order chi connectivity index (χ1) is 12.5. The number of benzene rings is 1. The summed E-state index contributed by atoms with van der Waals surface area (Å²) in [5, 5.41) is 0. The van der Waals surface area contributed by atoms with Crippen molar-refractivity contribution in [3.8, 4) is 0 Å². The molecule has 1 aromatic carbocycles. The van der Waals surface area contributed by atoms with Crippen molar-refractivity contribution in [2.45, 2.75) is 12.1 Å². The Bertz CT molecular complexity index is 819. The lowest BCUT2D eigenvalue weighted by molar-refractivity contribution is -0.0707. The Morgan fingerprint density at radius 2 is 1.92 bits per heavy atom. The normalized spacial score (nSPS) is 20.7. The number of aryl methyl sites for hydroxylation is 1. The van der Waals surface area contributed by atoms with E-state index in [1.165, 1.54) is 16.2 Å². The van der Waals surface area contributed by atoms with Crippen LogP contribution < -0.4 is 5.56 Å². The predicted octanol–water partition coefficient (Wildman–Crippen LogP) is 1.53. The molecule has 0 bridgehead atoms. The highest BCUT2D eigenvalue weighted by Crippen LogP contribution is 2.28. The predicted molar refractivity (Wildman–Crippen MR) is 100 cm³/mol. The average molecular weight is 355 g/mol. The molecule has 26 heavy (non-hydrogen) atoms. The van der Waals surface area contributed by atoms with Gasteiger partial charge in [0.1, 0.15) is 0 Å². The van der Waals surface area contributed by atoms with Gasteiger partial charge in [0.25, 0.3) is 5.91 Å². The average Bonchev–Trinajstić information content (AvgIpc) is 2.64. The van der Waals surface area contributed by atoms with Gasteiger partial charge in [-0.05, 0) is 18.7 Å². The number of carbonyl (C=O) groups excluding carboxylic acids is 1. The number of nitrogens with zero attached hydrogens (tertiary/aromatic N) is 3. The van der Waals surface area contributed by atoms with Gasteiger partial charge in [0, 0.05) is 39.4 Å². The molecule has 0 unspecified atom stereocenters. The number of amides is 1. The van der Waals surface area contributed by atoms with Gasteiger partial charge in [-0.1, -0.05) is 30.3 Å². The molecule has 0 aliphatic carbocycles. The number of pyridine rings is 1. The first-order valence-corrected chi connectivity index (χ1v) is 8.76. The lowest BCUT2D eigenvalue weighted by atomic mass is 9.98. The van der Waals surface area contributed by atoms with Crippen molar-refractivity contribution in [1.29, 1.82) is 0 Å². The summed E-state index contributed by atoms with van der Waals surface area (Å²) in [6.45, 7) is 1.98. The van der Waals surface area contributed by atoms with Crippen LogP contribution in [0.3, 0.4) is 0 Å². The van der Waals surface area contributed by atoms with Crippen LogP contribution in [0.25, 0.3) is 0 Å². The molecule has 0 radical (unpaired) electrons. The summed E-state index contributed by atoms with van der Waals surface area (Å²) in [5.41, 5.74) is 1.54.